The van der Waals surface area contributed by atoms with Crippen LogP contribution < -0.4 is 4.90 Å². The highest BCUT2D eigenvalue weighted by atomic mass is 15.1. The molecule has 1 heterocycles. The number of fused-ring (bicyclic) bond motifs is 6. The Hall–Kier alpha value is -7.68. The normalized spacial score (nSPS) is 11.4. The average Bonchev–Trinajstić information content (AvgIpc) is 3.65. The van der Waals surface area contributed by atoms with Gasteiger partial charge in [-0.2, -0.15) is 0 Å². The molecule has 1 aromatic heterocycles. The monoisotopic (exact) mass is 738 g/mol. The van der Waals surface area contributed by atoms with Crippen molar-refractivity contribution in [2.24, 2.45) is 0 Å². The molecule has 0 aliphatic rings. The zero-order chi connectivity index (χ0) is 38.4. The van der Waals surface area contributed by atoms with Crippen molar-refractivity contribution in [3.63, 3.8) is 0 Å². The van der Waals surface area contributed by atoms with E-state index in [0.29, 0.717) is 0 Å². The van der Waals surface area contributed by atoms with Crippen molar-refractivity contribution in [1.82, 2.24) is 4.57 Å². The van der Waals surface area contributed by atoms with Gasteiger partial charge >= 0.3 is 0 Å². The predicted molar refractivity (Wildman–Crippen MR) is 247 cm³/mol. The van der Waals surface area contributed by atoms with E-state index in [9.17, 15) is 0 Å². The highest BCUT2D eigenvalue weighted by Crippen LogP contribution is 2.43. The van der Waals surface area contributed by atoms with Crippen LogP contribution in [0.2, 0.25) is 0 Å². The molecule has 11 rings (SSSR count). The van der Waals surface area contributed by atoms with Crippen molar-refractivity contribution < 1.29 is 0 Å². The standard InChI is InChI=1S/C56H38N2/c1-3-13-39(14-4-1)41-23-30-45(31-24-41)57(46-32-25-42(26-33-46)40-15-5-2-6-16-40)54-38-36-48(50-19-9-10-20-51(50)54)44-27-34-47(35-28-44)58-53-22-12-11-21-52(53)56-49-18-8-7-17-43(49)29-37-55(56)58/h1-38H. The van der Waals surface area contributed by atoms with Gasteiger partial charge in [-0.3, -0.25) is 0 Å². The number of nitrogens with zero attached hydrogens (tertiary/aromatic N) is 2. The maximum Gasteiger partial charge on any atom is 0.0547 e. The summed E-state index contributed by atoms with van der Waals surface area (Å²) in [6, 6.07) is 83.6. The van der Waals surface area contributed by atoms with Gasteiger partial charge in [0.05, 0.1) is 16.7 Å². The molecule has 0 radical (unpaired) electrons. The third-order valence-electron chi connectivity index (χ3n) is 11.6. The number of aromatic nitrogens is 1. The Labute approximate surface area is 338 Å². The van der Waals surface area contributed by atoms with E-state index in [1.807, 2.05) is 0 Å². The Kier molecular flexibility index (Phi) is 8.19. The topological polar surface area (TPSA) is 8.17 Å². The molecule has 0 saturated heterocycles. The Morgan fingerprint density at radius 2 is 0.793 bits per heavy atom. The molecule has 0 aliphatic carbocycles. The Morgan fingerprint density at radius 3 is 1.43 bits per heavy atom. The zero-order valence-electron chi connectivity index (χ0n) is 31.8. The molecule has 0 N–H and O–H groups in total. The van der Waals surface area contributed by atoms with Gasteiger partial charge in [-0.25, -0.2) is 0 Å². The Balaban J connectivity index is 1.02. The fraction of sp³-hybridized carbons (Fsp3) is 0. The van der Waals surface area contributed by atoms with Crippen molar-refractivity contribution in [3.8, 4) is 39.1 Å². The molecular weight excluding hydrogens is 701 g/mol. The summed E-state index contributed by atoms with van der Waals surface area (Å²) in [6.45, 7) is 0. The summed E-state index contributed by atoms with van der Waals surface area (Å²) in [7, 11) is 0. The molecule has 0 fully saturated rings. The Morgan fingerprint density at radius 1 is 0.293 bits per heavy atom. The lowest BCUT2D eigenvalue weighted by molar-refractivity contribution is 1.18. The largest absolute Gasteiger partial charge is 0.310 e. The summed E-state index contributed by atoms with van der Waals surface area (Å²) in [4.78, 5) is 2.39. The fourth-order valence-corrected chi connectivity index (χ4v) is 8.83. The van der Waals surface area contributed by atoms with Crippen LogP contribution in [0, 0.1) is 0 Å². The molecule has 10 aromatic carbocycles. The van der Waals surface area contributed by atoms with Crippen molar-refractivity contribution in [1.29, 1.82) is 0 Å². The van der Waals surface area contributed by atoms with Crippen LogP contribution >= 0.6 is 0 Å². The molecule has 0 atom stereocenters. The molecule has 0 aliphatic heterocycles. The molecule has 0 spiro atoms. The summed E-state index contributed by atoms with van der Waals surface area (Å²) in [5.74, 6) is 0. The van der Waals surface area contributed by atoms with Crippen LogP contribution in [0.15, 0.2) is 231 Å². The summed E-state index contributed by atoms with van der Waals surface area (Å²) >= 11 is 0. The summed E-state index contributed by atoms with van der Waals surface area (Å²) < 4.78 is 2.41. The van der Waals surface area contributed by atoms with E-state index in [0.717, 1.165) is 22.7 Å². The third-order valence-corrected chi connectivity index (χ3v) is 11.6. The van der Waals surface area contributed by atoms with Crippen LogP contribution in [0.25, 0.3) is 82.4 Å². The minimum absolute atomic E-state index is 1.10. The van der Waals surface area contributed by atoms with Crippen LogP contribution in [-0.4, -0.2) is 4.57 Å². The van der Waals surface area contributed by atoms with Crippen molar-refractivity contribution >= 4 is 60.4 Å². The highest BCUT2D eigenvalue weighted by molar-refractivity contribution is 6.21. The van der Waals surface area contributed by atoms with E-state index in [-0.39, 0.29) is 0 Å². The molecule has 0 amide bonds. The Bertz CT molecular complexity index is 3150. The van der Waals surface area contributed by atoms with Gasteiger partial charge in [0.15, 0.2) is 0 Å². The molecule has 0 bridgehead atoms. The maximum absolute atomic E-state index is 2.41. The lowest BCUT2D eigenvalue weighted by atomic mass is 9.96. The third kappa shape index (κ3) is 5.74. The van der Waals surface area contributed by atoms with Gasteiger partial charge in [-0.05, 0) is 104 Å². The smallest absolute Gasteiger partial charge is 0.0547 e. The van der Waals surface area contributed by atoms with E-state index in [2.05, 4.69) is 240 Å². The van der Waals surface area contributed by atoms with Gasteiger partial charge in [-0.1, -0.05) is 176 Å². The van der Waals surface area contributed by atoms with Gasteiger partial charge in [0.25, 0.3) is 0 Å². The quantitative estimate of drug-likeness (QED) is 0.158. The van der Waals surface area contributed by atoms with Gasteiger partial charge in [0, 0.05) is 33.2 Å². The van der Waals surface area contributed by atoms with E-state index in [1.165, 1.54) is 76.7 Å². The van der Waals surface area contributed by atoms with Gasteiger partial charge in [-0.15, -0.1) is 0 Å². The molecule has 272 valence electrons. The fourth-order valence-electron chi connectivity index (χ4n) is 8.83. The summed E-state index contributed by atoms with van der Waals surface area (Å²) in [5, 5.41) is 7.52. The van der Waals surface area contributed by atoms with Crippen molar-refractivity contribution in [3.05, 3.63) is 231 Å². The zero-order valence-corrected chi connectivity index (χ0v) is 31.8. The first-order valence-electron chi connectivity index (χ1n) is 19.9. The average molecular weight is 739 g/mol. The van der Waals surface area contributed by atoms with E-state index >= 15 is 0 Å². The molecule has 11 aromatic rings. The van der Waals surface area contributed by atoms with Crippen molar-refractivity contribution in [2.45, 2.75) is 0 Å². The SMILES string of the molecule is c1ccc(-c2ccc(N(c3ccc(-c4ccccc4)cc3)c3ccc(-c4ccc(-n5c6ccccc6c6c7ccccc7ccc65)cc4)c4ccccc34)cc2)cc1. The number of benzene rings is 10. The van der Waals surface area contributed by atoms with Crippen LogP contribution in [0.3, 0.4) is 0 Å². The molecule has 58 heavy (non-hydrogen) atoms. The molecule has 2 heteroatoms. The second-order valence-electron chi connectivity index (χ2n) is 14.9. The first-order valence-corrected chi connectivity index (χ1v) is 19.9. The molecule has 0 unspecified atom stereocenters. The minimum Gasteiger partial charge on any atom is -0.310 e. The number of para-hydroxylation sites is 1. The number of hydrogen-bond acceptors (Lipinski definition) is 1. The second-order valence-corrected chi connectivity index (χ2v) is 14.9. The van der Waals surface area contributed by atoms with E-state index in [4.69, 9.17) is 0 Å². The number of hydrogen-bond donors (Lipinski definition) is 0. The van der Waals surface area contributed by atoms with Gasteiger partial charge in [0.2, 0.25) is 0 Å². The van der Waals surface area contributed by atoms with Crippen LogP contribution in [-0.2, 0) is 0 Å². The van der Waals surface area contributed by atoms with Crippen LogP contribution in [0.1, 0.15) is 0 Å². The minimum atomic E-state index is 1.10. The first-order chi connectivity index (χ1) is 28.8. The van der Waals surface area contributed by atoms with Crippen LogP contribution in [0.4, 0.5) is 17.1 Å². The molecule has 2 nitrogen and oxygen atoms in total. The summed E-state index contributed by atoms with van der Waals surface area (Å²) in [5.41, 5.74) is 14.1. The first kappa shape index (κ1) is 33.6. The number of anilines is 3. The lowest BCUT2D eigenvalue weighted by Crippen LogP contribution is -2.10. The molecule has 0 saturated carbocycles. The highest BCUT2D eigenvalue weighted by Gasteiger charge is 2.19. The lowest BCUT2D eigenvalue weighted by Gasteiger charge is -2.28. The van der Waals surface area contributed by atoms with Crippen molar-refractivity contribution in [2.75, 3.05) is 4.90 Å². The summed E-state index contributed by atoms with van der Waals surface area (Å²) in [6.07, 6.45) is 0. The van der Waals surface area contributed by atoms with E-state index < -0.39 is 0 Å². The second kappa shape index (κ2) is 14.1. The predicted octanol–water partition coefficient (Wildman–Crippen LogP) is 15.6. The van der Waals surface area contributed by atoms with Crippen LogP contribution in [0.5, 0.6) is 0 Å². The van der Waals surface area contributed by atoms with E-state index in [1.54, 1.807) is 0 Å². The number of rotatable bonds is 7. The van der Waals surface area contributed by atoms with Gasteiger partial charge in [0.1, 0.15) is 0 Å². The molecular formula is C56H38N2. The maximum atomic E-state index is 2.41. The van der Waals surface area contributed by atoms with Gasteiger partial charge < -0.3 is 9.47 Å².